The summed E-state index contributed by atoms with van der Waals surface area (Å²) in [6.45, 7) is 4.63. The van der Waals surface area contributed by atoms with E-state index in [1.54, 1.807) is 6.20 Å². The molecule has 4 rings (SSSR count). The molecule has 0 unspecified atom stereocenters. The van der Waals surface area contributed by atoms with Crippen molar-refractivity contribution in [3.05, 3.63) is 83.3 Å². The van der Waals surface area contributed by atoms with Gasteiger partial charge < -0.3 is 5.32 Å². The van der Waals surface area contributed by atoms with Crippen molar-refractivity contribution in [2.24, 2.45) is 0 Å². The van der Waals surface area contributed by atoms with Gasteiger partial charge in [-0.15, -0.1) is 0 Å². The molecule has 2 aromatic heterocycles. The highest BCUT2D eigenvalue weighted by molar-refractivity contribution is 6.06. The third-order valence-corrected chi connectivity index (χ3v) is 4.73. The average Bonchev–Trinajstić information content (AvgIpc) is 3.34. The van der Waals surface area contributed by atoms with Gasteiger partial charge in [-0.25, -0.2) is 0 Å². The summed E-state index contributed by atoms with van der Waals surface area (Å²) in [4.78, 5) is 12.7. The Balaban J connectivity index is 1.41. The predicted octanol–water partition coefficient (Wildman–Crippen LogP) is 3.34. The Kier molecular flexibility index (Phi) is 5.30. The molecule has 0 aliphatic heterocycles. The first-order chi connectivity index (χ1) is 13.7. The molecule has 28 heavy (non-hydrogen) atoms. The Morgan fingerprint density at radius 2 is 1.86 bits per heavy atom. The van der Waals surface area contributed by atoms with Crippen molar-refractivity contribution in [1.29, 1.82) is 0 Å². The molecule has 2 heterocycles. The lowest BCUT2D eigenvalue weighted by molar-refractivity contribution is 0.0989. The third kappa shape index (κ3) is 4.02. The van der Waals surface area contributed by atoms with Crippen LogP contribution < -0.4 is 5.32 Å². The van der Waals surface area contributed by atoms with Crippen LogP contribution in [0.1, 0.15) is 34.1 Å². The predicted molar refractivity (Wildman–Crippen MR) is 109 cm³/mol. The fraction of sp³-hybridized carbons (Fsp3) is 0.227. The highest BCUT2D eigenvalue weighted by Crippen LogP contribution is 2.17. The number of aromatic amines is 1. The first-order valence-electron chi connectivity index (χ1n) is 9.49. The van der Waals surface area contributed by atoms with Gasteiger partial charge in [0.1, 0.15) is 5.69 Å². The smallest absolute Gasteiger partial charge is 0.188 e. The van der Waals surface area contributed by atoms with Crippen molar-refractivity contribution < 1.29 is 4.79 Å². The quantitative estimate of drug-likeness (QED) is 0.465. The number of nitrogens with zero attached hydrogens (tertiary/aromatic N) is 3. The van der Waals surface area contributed by atoms with Crippen molar-refractivity contribution in [3.8, 4) is 0 Å². The minimum atomic E-state index is -0.00947. The summed E-state index contributed by atoms with van der Waals surface area (Å²) in [5, 5.41) is 15.7. The number of ketones is 1. The van der Waals surface area contributed by atoms with Crippen molar-refractivity contribution in [1.82, 2.24) is 25.3 Å². The molecule has 6 nitrogen and oxygen atoms in total. The maximum atomic E-state index is 12.7. The van der Waals surface area contributed by atoms with E-state index < -0.39 is 0 Å². The van der Waals surface area contributed by atoms with Crippen molar-refractivity contribution in [2.45, 2.75) is 26.4 Å². The number of carbonyl (C=O) groups excluding carboxylic acids is 1. The molecule has 0 atom stereocenters. The second-order valence-electron chi connectivity index (χ2n) is 6.86. The molecule has 2 N–H and O–H groups in total. The van der Waals surface area contributed by atoms with Gasteiger partial charge in [0.25, 0.3) is 0 Å². The number of hydrogen-bond donors (Lipinski definition) is 2. The number of aromatic nitrogens is 4. The van der Waals surface area contributed by atoms with E-state index in [1.165, 1.54) is 11.1 Å². The number of benzene rings is 2. The normalized spacial score (nSPS) is 11.2. The number of Topliss-reactive ketones (excluding diaryl/α,β-unsaturated/α-hetero) is 1. The van der Waals surface area contributed by atoms with Gasteiger partial charge in [-0.1, -0.05) is 49.4 Å². The molecule has 0 aliphatic rings. The van der Waals surface area contributed by atoms with Crippen LogP contribution in [0.15, 0.2) is 60.9 Å². The number of fused-ring (bicyclic) bond motifs is 1. The summed E-state index contributed by atoms with van der Waals surface area (Å²) in [6.07, 6.45) is 3.97. The van der Waals surface area contributed by atoms with Crippen LogP contribution in [-0.2, 0) is 19.5 Å². The van der Waals surface area contributed by atoms with Crippen LogP contribution in [0.2, 0.25) is 0 Å². The highest BCUT2D eigenvalue weighted by atomic mass is 16.1. The van der Waals surface area contributed by atoms with E-state index >= 15 is 0 Å². The molecule has 2 aromatic carbocycles. The monoisotopic (exact) mass is 373 g/mol. The molecule has 4 aromatic rings. The molecule has 0 bridgehead atoms. The maximum absolute atomic E-state index is 12.7. The lowest BCUT2D eigenvalue weighted by Crippen LogP contribution is -2.11. The Morgan fingerprint density at radius 3 is 2.68 bits per heavy atom. The number of hydrogen-bond acceptors (Lipinski definition) is 4. The largest absolute Gasteiger partial charge is 0.313 e. The van der Waals surface area contributed by atoms with Crippen molar-refractivity contribution in [2.75, 3.05) is 6.54 Å². The zero-order valence-corrected chi connectivity index (χ0v) is 15.9. The van der Waals surface area contributed by atoms with Gasteiger partial charge in [-0.05, 0) is 29.3 Å². The second-order valence-corrected chi connectivity index (χ2v) is 6.86. The van der Waals surface area contributed by atoms with Gasteiger partial charge >= 0.3 is 0 Å². The number of nitrogens with one attached hydrogen (secondary N) is 2. The number of rotatable bonds is 8. The van der Waals surface area contributed by atoms with Crippen LogP contribution >= 0.6 is 0 Å². The Hall–Kier alpha value is -3.25. The van der Waals surface area contributed by atoms with Crippen LogP contribution in [0.3, 0.4) is 0 Å². The molecular weight excluding hydrogens is 350 g/mol. The lowest BCUT2D eigenvalue weighted by Gasteiger charge is -2.05. The fourth-order valence-electron chi connectivity index (χ4n) is 3.25. The third-order valence-electron chi connectivity index (χ3n) is 4.73. The van der Waals surface area contributed by atoms with Gasteiger partial charge in [0.2, 0.25) is 0 Å². The van der Waals surface area contributed by atoms with Crippen LogP contribution in [0, 0.1) is 0 Å². The van der Waals surface area contributed by atoms with E-state index in [9.17, 15) is 4.79 Å². The van der Waals surface area contributed by atoms with Crippen molar-refractivity contribution in [3.63, 3.8) is 0 Å². The van der Waals surface area contributed by atoms with Gasteiger partial charge in [0.15, 0.2) is 5.78 Å². The SMILES string of the molecule is CCNCc1ccc(Cn2cc(CC(=O)c3n[nH]c4ccccc34)cn2)cc1. The maximum Gasteiger partial charge on any atom is 0.188 e. The molecule has 0 fully saturated rings. The van der Waals surface area contributed by atoms with Gasteiger partial charge in [0.05, 0.1) is 18.3 Å². The number of para-hydroxylation sites is 1. The first kappa shape index (κ1) is 18.1. The van der Waals surface area contributed by atoms with E-state index in [2.05, 4.69) is 51.8 Å². The molecule has 0 saturated heterocycles. The fourth-order valence-corrected chi connectivity index (χ4v) is 3.25. The molecule has 6 heteroatoms. The summed E-state index contributed by atoms with van der Waals surface area (Å²) in [5.74, 6) is -0.00947. The van der Waals surface area contributed by atoms with E-state index in [1.807, 2.05) is 35.1 Å². The zero-order valence-electron chi connectivity index (χ0n) is 15.9. The topological polar surface area (TPSA) is 75.6 Å². The van der Waals surface area contributed by atoms with Crippen LogP contribution in [0.5, 0.6) is 0 Å². The second kappa shape index (κ2) is 8.19. The van der Waals surface area contributed by atoms with Crippen LogP contribution in [-0.4, -0.2) is 32.3 Å². The minimum Gasteiger partial charge on any atom is -0.313 e. The van der Waals surface area contributed by atoms with E-state index in [4.69, 9.17) is 0 Å². The number of carbonyl (C=O) groups is 1. The van der Waals surface area contributed by atoms with Gasteiger partial charge in [-0.3, -0.25) is 14.6 Å². The molecule has 0 saturated carbocycles. The Labute approximate surface area is 163 Å². The van der Waals surface area contributed by atoms with Gasteiger partial charge in [0, 0.05) is 24.5 Å². The molecule has 0 radical (unpaired) electrons. The van der Waals surface area contributed by atoms with Crippen molar-refractivity contribution >= 4 is 16.7 Å². The average molecular weight is 373 g/mol. The van der Waals surface area contributed by atoms with E-state index in [0.717, 1.165) is 29.6 Å². The Morgan fingerprint density at radius 1 is 1.07 bits per heavy atom. The summed E-state index contributed by atoms with van der Waals surface area (Å²) < 4.78 is 1.87. The standard InChI is InChI=1S/C22H23N5O/c1-2-23-12-16-7-9-17(10-8-16)14-27-15-18(13-24-27)11-21(28)22-19-5-3-4-6-20(19)25-26-22/h3-10,13,15,23H,2,11-12,14H2,1H3,(H,25,26). The summed E-state index contributed by atoms with van der Waals surface area (Å²) in [5.41, 5.74) is 4.70. The molecule has 0 amide bonds. The summed E-state index contributed by atoms with van der Waals surface area (Å²) >= 11 is 0. The minimum absolute atomic E-state index is 0.00947. The molecule has 0 aliphatic carbocycles. The van der Waals surface area contributed by atoms with E-state index in [0.29, 0.717) is 12.2 Å². The summed E-state index contributed by atoms with van der Waals surface area (Å²) in [7, 11) is 0. The molecule has 142 valence electrons. The summed E-state index contributed by atoms with van der Waals surface area (Å²) in [6, 6.07) is 16.2. The molecule has 0 spiro atoms. The molecular formula is C22H23N5O. The van der Waals surface area contributed by atoms with Gasteiger partial charge in [-0.2, -0.15) is 10.2 Å². The van der Waals surface area contributed by atoms with E-state index in [-0.39, 0.29) is 12.2 Å². The highest BCUT2D eigenvalue weighted by Gasteiger charge is 2.15. The number of H-pyrrole nitrogens is 1. The van der Waals surface area contributed by atoms with Crippen LogP contribution in [0.4, 0.5) is 0 Å². The van der Waals surface area contributed by atoms with Crippen LogP contribution in [0.25, 0.3) is 10.9 Å². The Bertz CT molecular complexity index is 1080. The lowest BCUT2D eigenvalue weighted by atomic mass is 10.1. The zero-order chi connectivity index (χ0) is 19.3. The first-order valence-corrected chi connectivity index (χ1v) is 9.49.